The number of rotatable bonds is 7. The summed E-state index contributed by atoms with van der Waals surface area (Å²) in [6, 6.07) is 18.9. The van der Waals surface area contributed by atoms with Crippen LogP contribution >= 0.6 is 22.9 Å². The summed E-state index contributed by atoms with van der Waals surface area (Å²) < 4.78 is 11.3. The maximum Gasteiger partial charge on any atom is 0.293 e. The Hall–Kier alpha value is -3.09. The zero-order valence-electron chi connectivity index (χ0n) is 17.1. The van der Waals surface area contributed by atoms with Crippen molar-refractivity contribution in [3.05, 3.63) is 98.9 Å². The Morgan fingerprint density at radius 3 is 2.71 bits per heavy atom. The number of aryl methyl sites for hydroxylation is 2. The summed E-state index contributed by atoms with van der Waals surface area (Å²) in [5, 5.41) is 4.06. The number of hydrogen-bond acceptors (Lipinski definition) is 5. The number of carbonyl (C=O) groups excluding carboxylic acids is 1. The van der Waals surface area contributed by atoms with Crippen molar-refractivity contribution in [3.8, 4) is 5.75 Å². The third-order valence-corrected chi connectivity index (χ3v) is 5.96. The molecule has 4 rings (SSSR count). The molecule has 0 bridgehead atoms. The molecule has 2 aromatic carbocycles. The van der Waals surface area contributed by atoms with E-state index < -0.39 is 0 Å². The Morgan fingerprint density at radius 2 is 1.94 bits per heavy atom. The van der Waals surface area contributed by atoms with E-state index in [0.717, 1.165) is 27.4 Å². The molecule has 0 atom stereocenters. The van der Waals surface area contributed by atoms with Crippen LogP contribution in [0.3, 0.4) is 0 Å². The highest BCUT2D eigenvalue weighted by Crippen LogP contribution is 2.26. The molecule has 5 nitrogen and oxygen atoms in total. The van der Waals surface area contributed by atoms with Crippen LogP contribution in [0.15, 0.2) is 65.1 Å². The number of ether oxygens (including phenoxy) is 1. The number of furan rings is 1. The molecule has 0 fully saturated rings. The molecule has 2 heterocycles. The maximum atomic E-state index is 12.6. The normalized spacial score (nSPS) is 10.8. The van der Waals surface area contributed by atoms with Crippen LogP contribution in [0.5, 0.6) is 5.75 Å². The molecule has 1 amide bonds. The van der Waals surface area contributed by atoms with Gasteiger partial charge in [0.2, 0.25) is 0 Å². The van der Waals surface area contributed by atoms with Gasteiger partial charge in [0, 0.05) is 16.3 Å². The molecule has 1 N–H and O–H groups in total. The SMILES string of the molecule is Cc1ccc(OCc2ccc(C(=O)Nc3nc(C)c(Cc4cccc(Cl)c4)s3)o2)cc1. The topological polar surface area (TPSA) is 64.4 Å². The first-order valence-corrected chi connectivity index (χ1v) is 11.0. The summed E-state index contributed by atoms with van der Waals surface area (Å²) in [6.07, 6.45) is 0.710. The number of nitrogens with one attached hydrogen (secondary N) is 1. The van der Waals surface area contributed by atoms with E-state index in [9.17, 15) is 4.79 Å². The number of hydrogen-bond donors (Lipinski definition) is 1. The highest BCUT2D eigenvalue weighted by atomic mass is 35.5. The number of benzene rings is 2. The molecule has 0 saturated heterocycles. The summed E-state index contributed by atoms with van der Waals surface area (Å²) in [7, 11) is 0. The van der Waals surface area contributed by atoms with Gasteiger partial charge in [0.25, 0.3) is 5.91 Å². The van der Waals surface area contributed by atoms with E-state index in [1.54, 1.807) is 12.1 Å². The van der Waals surface area contributed by atoms with Crippen LogP contribution in [-0.4, -0.2) is 10.9 Å². The Labute approximate surface area is 189 Å². The fraction of sp³-hybridized carbons (Fsp3) is 0.167. The van der Waals surface area contributed by atoms with Crippen LogP contribution in [0, 0.1) is 13.8 Å². The number of aromatic nitrogens is 1. The molecule has 2 aromatic heterocycles. The van der Waals surface area contributed by atoms with E-state index in [0.29, 0.717) is 22.3 Å². The van der Waals surface area contributed by atoms with E-state index in [1.165, 1.54) is 11.3 Å². The number of thiazole rings is 1. The van der Waals surface area contributed by atoms with Crippen LogP contribution in [0.25, 0.3) is 0 Å². The van der Waals surface area contributed by atoms with Gasteiger partial charge in [-0.05, 0) is 55.8 Å². The summed E-state index contributed by atoms with van der Waals surface area (Å²) in [6.45, 7) is 4.20. The van der Waals surface area contributed by atoms with Gasteiger partial charge in [0.05, 0.1) is 5.69 Å². The minimum absolute atomic E-state index is 0.215. The highest BCUT2D eigenvalue weighted by molar-refractivity contribution is 7.15. The second-order valence-electron chi connectivity index (χ2n) is 7.16. The lowest BCUT2D eigenvalue weighted by atomic mass is 10.1. The number of nitrogens with zero attached hydrogens (tertiary/aromatic N) is 1. The molecule has 0 aliphatic carbocycles. The molecular formula is C24H21ClN2O3S. The third-order valence-electron chi connectivity index (χ3n) is 4.65. The number of halogens is 1. The van der Waals surface area contributed by atoms with Crippen molar-refractivity contribution in [1.82, 2.24) is 4.98 Å². The molecule has 0 aliphatic rings. The van der Waals surface area contributed by atoms with Gasteiger partial charge in [-0.3, -0.25) is 10.1 Å². The van der Waals surface area contributed by atoms with Crippen molar-refractivity contribution in [2.75, 3.05) is 5.32 Å². The minimum atomic E-state index is -0.343. The second kappa shape index (κ2) is 9.37. The second-order valence-corrected chi connectivity index (χ2v) is 8.68. The fourth-order valence-corrected chi connectivity index (χ4v) is 4.21. The van der Waals surface area contributed by atoms with E-state index in [-0.39, 0.29) is 18.3 Å². The molecule has 0 radical (unpaired) electrons. The van der Waals surface area contributed by atoms with Crippen molar-refractivity contribution < 1.29 is 13.9 Å². The lowest BCUT2D eigenvalue weighted by Crippen LogP contribution is -2.10. The largest absolute Gasteiger partial charge is 0.486 e. The van der Waals surface area contributed by atoms with Crippen LogP contribution in [-0.2, 0) is 13.0 Å². The lowest BCUT2D eigenvalue weighted by molar-refractivity contribution is 0.0992. The van der Waals surface area contributed by atoms with Gasteiger partial charge in [0.1, 0.15) is 18.1 Å². The van der Waals surface area contributed by atoms with Crippen LogP contribution in [0.2, 0.25) is 5.02 Å². The van der Waals surface area contributed by atoms with Crippen molar-refractivity contribution in [2.45, 2.75) is 26.9 Å². The quantitative estimate of drug-likeness (QED) is 0.351. The van der Waals surface area contributed by atoms with Gasteiger partial charge < -0.3 is 9.15 Å². The van der Waals surface area contributed by atoms with Gasteiger partial charge in [-0.25, -0.2) is 4.98 Å². The number of carbonyl (C=O) groups is 1. The Kier molecular flexibility index (Phi) is 6.39. The maximum absolute atomic E-state index is 12.6. The minimum Gasteiger partial charge on any atom is -0.486 e. The Bertz CT molecular complexity index is 1200. The predicted octanol–water partition coefficient (Wildman–Crippen LogP) is 6.43. The molecule has 0 aliphatic heterocycles. The monoisotopic (exact) mass is 452 g/mol. The summed E-state index contributed by atoms with van der Waals surface area (Å²) in [4.78, 5) is 18.1. The highest BCUT2D eigenvalue weighted by Gasteiger charge is 2.16. The van der Waals surface area contributed by atoms with Gasteiger partial charge >= 0.3 is 0 Å². The first-order chi connectivity index (χ1) is 15.0. The fourth-order valence-electron chi connectivity index (χ4n) is 3.00. The molecular weight excluding hydrogens is 432 g/mol. The van der Waals surface area contributed by atoms with E-state index in [2.05, 4.69) is 10.3 Å². The molecule has 0 spiro atoms. The van der Waals surface area contributed by atoms with Crippen LogP contribution < -0.4 is 10.1 Å². The van der Waals surface area contributed by atoms with Gasteiger partial charge in [-0.15, -0.1) is 11.3 Å². The summed E-state index contributed by atoms with van der Waals surface area (Å²) in [5.41, 5.74) is 3.14. The molecule has 4 aromatic rings. The number of amides is 1. The first kappa shape index (κ1) is 21.2. The Morgan fingerprint density at radius 1 is 1.13 bits per heavy atom. The summed E-state index contributed by atoms with van der Waals surface area (Å²) >= 11 is 7.52. The van der Waals surface area contributed by atoms with E-state index in [4.69, 9.17) is 20.8 Å². The van der Waals surface area contributed by atoms with E-state index >= 15 is 0 Å². The zero-order valence-corrected chi connectivity index (χ0v) is 18.7. The lowest BCUT2D eigenvalue weighted by Gasteiger charge is -2.04. The van der Waals surface area contributed by atoms with Gasteiger partial charge in [0.15, 0.2) is 10.9 Å². The molecule has 31 heavy (non-hydrogen) atoms. The summed E-state index contributed by atoms with van der Waals surface area (Å²) in [5.74, 6) is 1.19. The molecule has 0 unspecified atom stereocenters. The number of anilines is 1. The van der Waals surface area contributed by atoms with Crippen molar-refractivity contribution in [1.29, 1.82) is 0 Å². The van der Waals surface area contributed by atoms with Gasteiger partial charge in [-0.1, -0.05) is 41.4 Å². The molecule has 158 valence electrons. The standard InChI is InChI=1S/C24H21ClN2O3S/c1-15-6-8-19(9-7-15)29-14-20-10-11-21(30-20)23(28)27-24-26-16(2)22(31-24)13-17-4-3-5-18(25)12-17/h3-12H,13-14H2,1-2H3,(H,26,27,28). The van der Waals surface area contributed by atoms with Crippen LogP contribution in [0.4, 0.5) is 5.13 Å². The average Bonchev–Trinajstić information content (AvgIpc) is 3.34. The predicted molar refractivity (Wildman–Crippen MR) is 123 cm³/mol. The van der Waals surface area contributed by atoms with Crippen molar-refractivity contribution >= 4 is 34.0 Å². The van der Waals surface area contributed by atoms with Gasteiger partial charge in [-0.2, -0.15) is 0 Å². The third kappa shape index (κ3) is 5.54. The van der Waals surface area contributed by atoms with Crippen molar-refractivity contribution in [2.24, 2.45) is 0 Å². The molecule has 0 saturated carbocycles. The zero-order chi connectivity index (χ0) is 21.8. The van der Waals surface area contributed by atoms with E-state index in [1.807, 2.05) is 62.4 Å². The van der Waals surface area contributed by atoms with Crippen LogP contribution in [0.1, 0.15) is 38.0 Å². The molecule has 7 heteroatoms. The average molecular weight is 453 g/mol. The first-order valence-electron chi connectivity index (χ1n) is 9.76. The smallest absolute Gasteiger partial charge is 0.293 e. The Balaban J connectivity index is 1.37. The van der Waals surface area contributed by atoms with Crippen molar-refractivity contribution in [3.63, 3.8) is 0 Å².